The molecule has 0 unspecified atom stereocenters. The zero-order valence-corrected chi connectivity index (χ0v) is 27.1. The fourth-order valence-electron chi connectivity index (χ4n) is 4.99. The smallest absolute Gasteiger partial charge is 0.344 e. The van der Waals surface area contributed by atoms with Crippen molar-refractivity contribution >= 4 is 50.4 Å². The molecule has 0 aliphatic carbocycles. The van der Waals surface area contributed by atoms with Gasteiger partial charge in [-0.3, -0.25) is 9.59 Å². The number of methoxy groups -OCH3 is 1. The SMILES string of the molecule is C=CC(=O)OCCCOc1ccc(COc2ccc(C(=O)Oc3cc(F)cc(F)c3)c3c2C(=O)N(c2nc4ccc(OC)cc4s2)C3=O)cc1. The highest BCUT2D eigenvalue weighted by Crippen LogP contribution is 2.40. The minimum absolute atomic E-state index is 0.00591. The molecule has 0 saturated carbocycles. The topological polar surface area (TPSA) is 131 Å². The molecule has 6 rings (SSSR count). The molecule has 1 aliphatic heterocycles. The summed E-state index contributed by atoms with van der Waals surface area (Å²) in [5.41, 5.74) is 0.366. The average molecular weight is 701 g/mol. The van der Waals surface area contributed by atoms with Gasteiger partial charge in [0, 0.05) is 30.7 Å². The highest BCUT2D eigenvalue weighted by atomic mass is 32.1. The van der Waals surface area contributed by atoms with Gasteiger partial charge in [0.2, 0.25) is 5.13 Å². The van der Waals surface area contributed by atoms with Crippen LogP contribution in [0.4, 0.5) is 13.9 Å². The van der Waals surface area contributed by atoms with Gasteiger partial charge in [-0.15, -0.1) is 0 Å². The Hall–Kier alpha value is -6.15. The van der Waals surface area contributed by atoms with Crippen molar-refractivity contribution in [2.24, 2.45) is 0 Å². The molecule has 0 N–H and O–H groups in total. The first-order valence-electron chi connectivity index (χ1n) is 15.0. The molecule has 1 aromatic heterocycles. The number of imide groups is 1. The van der Waals surface area contributed by atoms with Gasteiger partial charge in [0.05, 0.1) is 47.2 Å². The Balaban J connectivity index is 1.26. The molecule has 1 aliphatic rings. The van der Waals surface area contributed by atoms with E-state index in [4.69, 9.17) is 23.7 Å². The highest BCUT2D eigenvalue weighted by Gasteiger charge is 2.44. The van der Waals surface area contributed by atoms with E-state index < -0.39 is 41.1 Å². The van der Waals surface area contributed by atoms with E-state index >= 15 is 0 Å². The van der Waals surface area contributed by atoms with Gasteiger partial charge >= 0.3 is 11.9 Å². The minimum atomic E-state index is -1.12. The third-order valence-corrected chi connectivity index (χ3v) is 8.33. The fraction of sp³-hybridized carbons (Fsp3) is 0.139. The summed E-state index contributed by atoms with van der Waals surface area (Å²) >= 11 is 1.07. The molecule has 11 nitrogen and oxygen atoms in total. The molecule has 254 valence electrons. The minimum Gasteiger partial charge on any atom is -0.497 e. The Morgan fingerprint density at radius 1 is 0.860 bits per heavy atom. The quantitative estimate of drug-likeness (QED) is 0.0431. The summed E-state index contributed by atoms with van der Waals surface area (Å²) in [6.07, 6.45) is 1.56. The molecule has 0 fully saturated rings. The predicted octanol–water partition coefficient (Wildman–Crippen LogP) is 6.68. The Morgan fingerprint density at radius 3 is 2.30 bits per heavy atom. The number of hydrogen-bond donors (Lipinski definition) is 0. The van der Waals surface area contributed by atoms with Crippen molar-refractivity contribution in [3.8, 4) is 23.0 Å². The number of hydrogen-bond acceptors (Lipinski definition) is 11. The van der Waals surface area contributed by atoms with E-state index in [1.165, 1.54) is 19.2 Å². The van der Waals surface area contributed by atoms with Gasteiger partial charge in [-0.25, -0.2) is 28.3 Å². The molecular formula is C36H26F2N2O9S. The number of carbonyl (C=O) groups excluding carboxylic acids is 4. The summed E-state index contributed by atoms with van der Waals surface area (Å²) in [5.74, 6) is -4.54. The van der Waals surface area contributed by atoms with Crippen LogP contribution in [0.25, 0.3) is 10.2 Å². The molecule has 0 saturated heterocycles. The second-order valence-electron chi connectivity index (χ2n) is 10.6. The fourth-order valence-corrected chi connectivity index (χ4v) is 5.98. The normalized spacial score (nSPS) is 12.1. The van der Waals surface area contributed by atoms with E-state index in [1.807, 2.05) is 0 Å². The second-order valence-corrected chi connectivity index (χ2v) is 11.6. The lowest BCUT2D eigenvalue weighted by Gasteiger charge is -2.12. The number of thiazole rings is 1. The van der Waals surface area contributed by atoms with E-state index in [1.54, 1.807) is 42.5 Å². The summed E-state index contributed by atoms with van der Waals surface area (Å²) in [6, 6.07) is 16.8. The van der Waals surface area contributed by atoms with Crippen LogP contribution in [0.2, 0.25) is 0 Å². The third kappa shape index (κ3) is 7.15. The van der Waals surface area contributed by atoms with Gasteiger partial charge in [-0.1, -0.05) is 30.0 Å². The van der Waals surface area contributed by atoms with Crippen molar-refractivity contribution in [1.82, 2.24) is 4.98 Å². The monoisotopic (exact) mass is 700 g/mol. The van der Waals surface area contributed by atoms with Crippen molar-refractivity contribution in [2.75, 3.05) is 25.2 Å². The van der Waals surface area contributed by atoms with Crippen LogP contribution in [0.15, 0.2) is 85.5 Å². The molecule has 0 atom stereocenters. The molecular weight excluding hydrogens is 674 g/mol. The summed E-state index contributed by atoms with van der Waals surface area (Å²) in [6.45, 7) is 3.81. The molecule has 4 aromatic carbocycles. The maximum atomic E-state index is 14.0. The summed E-state index contributed by atoms with van der Waals surface area (Å²) < 4.78 is 55.4. The number of aromatic nitrogens is 1. The van der Waals surface area contributed by atoms with E-state index in [0.717, 1.165) is 34.4 Å². The molecule has 0 spiro atoms. The Morgan fingerprint density at radius 2 is 1.58 bits per heavy atom. The number of fused-ring (bicyclic) bond motifs is 2. The first-order valence-corrected chi connectivity index (χ1v) is 15.8. The summed E-state index contributed by atoms with van der Waals surface area (Å²) in [4.78, 5) is 57.7. The van der Waals surface area contributed by atoms with Gasteiger partial charge in [-0.2, -0.15) is 0 Å². The molecule has 5 aromatic rings. The number of halogens is 2. The first kappa shape index (κ1) is 33.7. The number of carbonyl (C=O) groups is 4. The molecule has 0 radical (unpaired) electrons. The Kier molecular flexibility index (Phi) is 9.81. The van der Waals surface area contributed by atoms with Crippen LogP contribution in [0.3, 0.4) is 0 Å². The number of nitrogens with zero attached hydrogens (tertiary/aromatic N) is 2. The Bertz CT molecular complexity index is 2130. The van der Waals surface area contributed by atoms with Crippen molar-refractivity contribution in [3.63, 3.8) is 0 Å². The van der Waals surface area contributed by atoms with Crippen LogP contribution in [0, 0.1) is 11.6 Å². The molecule has 14 heteroatoms. The van der Waals surface area contributed by atoms with E-state index in [9.17, 15) is 28.0 Å². The van der Waals surface area contributed by atoms with Gasteiger partial charge < -0.3 is 23.7 Å². The number of rotatable bonds is 13. The largest absolute Gasteiger partial charge is 0.497 e. The van der Waals surface area contributed by atoms with Crippen molar-refractivity contribution in [3.05, 3.63) is 119 Å². The summed E-state index contributed by atoms with van der Waals surface area (Å²) in [5, 5.41) is 0.0476. The maximum Gasteiger partial charge on any atom is 0.344 e. The maximum absolute atomic E-state index is 14.0. The van der Waals surface area contributed by atoms with Crippen LogP contribution in [0.1, 0.15) is 43.1 Å². The number of esters is 2. The lowest BCUT2D eigenvalue weighted by atomic mass is 10.0. The van der Waals surface area contributed by atoms with Gasteiger partial charge in [0.15, 0.2) is 0 Å². The van der Waals surface area contributed by atoms with Gasteiger partial charge in [0.25, 0.3) is 11.8 Å². The summed E-state index contributed by atoms with van der Waals surface area (Å²) in [7, 11) is 1.50. The first-order chi connectivity index (χ1) is 24.1. The van der Waals surface area contributed by atoms with Gasteiger partial charge in [-0.05, 0) is 48.0 Å². The molecule has 2 heterocycles. The lowest BCUT2D eigenvalue weighted by molar-refractivity contribution is -0.137. The van der Waals surface area contributed by atoms with Crippen LogP contribution in [0.5, 0.6) is 23.0 Å². The lowest BCUT2D eigenvalue weighted by Crippen LogP contribution is -2.29. The van der Waals surface area contributed by atoms with E-state index in [2.05, 4.69) is 11.6 Å². The standard InChI is InChI=1S/C36H26F2N2O9S/c1-3-30(41)47-14-4-13-46-23-7-5-20(6-8-23)19-48-28-12-10-26(35(44)49-25-16-21(37)15-22(38)17-25)31-32(28)34(43)40(33(31)42)36-39-27-11-9-24(45-2)18-29(27)50-36/h3,5-12,15-18H,1,4,13-14,19H2,2H3. The predicted molar refractivity (Wildman–Crippen MR) is 177 cm³/mol. The van der Waals surface area contributed by atoms with Crippen molar-refractivity contribution in [2.45, 2.75) is 13.0 Å². The van der Waals surface area contributed by atoms with Crippen LogP contribution < -0.4 is 23.8 Å². The Labute approximate surface area is 287 Å². The number of benzene rings is 4. The van der Waals surface area contributed by atoms with Gasteiger partial charge in [0.1, 0.15) is 41.2 Å². The molecule has 50 heavy (non-hydrogen) atoms. The average Bonchev–Trinajstić information content (AvgIpc) is 3.63. The number of ether oxygens (including phenoxy) is 5. The molecule has 0 bridgehead atoms. The van der Waals surface area contributed by atoms with Crippen LogP contribution in [-0.2, 0) is 16.1 Å². The van der Waals surface area contributed by atoms with Crippen LogP contribution in [-0.4, -0.2) is 49.1 Å². The zero-order chi connectivity index (χ0) is 35.4. The molecule has 2 amide bonds. The zero-order valence-electron chi connectivity index (χ0n) is 26.3. The van der Waals surface area contributed by atoms with Crippen molar-refractivity contribution in [1.29, 1.82) is 0 Å². The number of amides is 2. The van der Waals surface area contributed by atoms with Crippen molar-refractivity contribution < 1.29 is 51.6 Å². The highest BCUT2D eigenvalue weighted by molar-refractivity contribution is 7.22. The van der Waals surface area contributed by atoms with E-state index in [0.29, 0.717) is 46.4 Å². The third-order valence-electron chi connectivity index (χ3n) is 7.33. The number of anilines is 1. The second kappa shape index (κ2) is 14.5. The van der Waals surface area contributed by atoms with E-state index in [-0.39, 0.29) is 40.8 Å². The van der Waals surface area contributed by atoms with Crippen LogP contribution >= 0.6 is 11.3 Å².